The number of benzene rings is 2. The molecule has 0 aliphatic rings. The van der Waals surface area contributed by atoms with Crippen molar-refractivity contribution >= 4 is 22.1 Å². The van der Waals surface area contributed by atoms with Gasteiger partial charge in [0, 0.05) is 26.3 Å². The number of hydrogen-bond donors (Lipinski definition) is 0. The van der Waals surface area contributed by atoms with E-state index in [1.165, 1.54) is 0 Å². The quantitative estimate of drug-likeness (QED) is 0.125. The van der Waals surface area contributed by atoms with Crippen LogP contribution < -0.4 is 37.2 Å². The van der Waals surface area contributed by atoms with E-state index in [1.54, 1.807) is 0 Å². The summed E-state index contributed by atoms with van der Waals surface area (Å²) in [6.07, 6.45) is 4.41. The van der Waals surface area contributed by atoms with E-state index in [2.05, 4.69) is 59.4 Å². The van der Waals surface area contributed by atoms with E-state index < -0.39 is 0 Å². The van der Waals surface area contributed by atoms with Gasteiger partial charge in [0.25, 0.3) is 0 Å². The largest absolute Gasteiger partial charge is 3.00 e. The third kappa shape index (κ3) is 8.96. The van der Waals surface area contributed by atoms with E-state index in [0.717, 1.165) is 97.1 Å². The number of ether oxygens (including phenoxy) is 2. The number of pyridine rings is 1. The third-order valence-corrected chi connectivity index (χ3v) is 6.72. The molecule has 42 heavy (non-hydrogen) atoms. The first kappa shape index (κ1) is 37.9. The Morgan fingerprint density at radius 2 is 0.976 bits per heavy atom. The molecule has 0 N–H and O–H groups in total. The molecule has 0 fully saturated rings. The van der Waals surface area contributed by atoms with Gasteiger partial charge in [-0.2, -0.15) is 0 Å². The molecule has 0 radical (unpaired) electrons. The van der Waals surface area contributed by atoms with Crippen LogP contribution in [0.3, 0.4) is 0 Å². The molecule has 0 spiro atoms. The Morgan fingerprint density at radius 1 is 0.548 bits per heavy atom. The van der Waals surface area contributed by atoms with Crippen LogP contribution in [0.15, 0.2) is 66.7 Å². The number of halogens is 3. The van der Waals surface area contributed by atoms with Gasteiger partial charge in [-0.15, -0.1) is 0 Å². The fourth-order valence-electron chi connectivity index (χ4n) is 4.69. The van der Waals surface area contributed by atoms with Crippen molar-refractivity contribution in [1.82, 2.24) is 24.1 Å². The molecule has 2 aromatic carbocycles. The number of rotatable bonds is 14. The Morgan fingerprint density at radius 3 is 1.40 bits per heavy atom. The summed E-state index contributed by atoms with van der Waals surface area (Å²) in [6.45, 7) is 8.64. The van der Waals surface area contributed by atoms with Gasteiger partial charge in [-0.25, -0.2) is 15.0 Å². The van der Waals surface area contributed by atoms with Crippen molar-refractivity contribution < 1.29 is 65.3 Å². The van der Waals surface area contributed by atoms with Gasteiger partial charge in [-0.05, 0) is 49.2 Å². The fraction of sp³-hybridized carbons (Fsp3) is 0.387. The van der Waals surface area contributed by atoms with E-state index in [0.29, 0.717) is 13.2 Å². The van der Waals surface area contributed by atoms with Crippen LogP contribution in [0.1, 0.15) is 39.5 Å². The topological polar surface area (TPSA) is 67.0 Å². The van der Waals surface area contributed by atoms with Gasteiger partial charge in [0.2, 0.25) is 0 Å². The minimum absolute atomic E-state index is 0. The Balaban J connectivity index is 0.00000220. The van der Waals surface area contributed by atoms with Crippen LogP contribution >= 0.6 is 0 Å². The van der Waals surface area contributed by atoms with Gasteiger partial charge in [0.1, 0.15) is 11.4 Å². The SMILES string of the molecule is CCCCOCCn1c(-c2cccc(-c3nc4ccccc4n3CCOCCCC)n2)nc2ccccc21.[Cl-].[Cl-].[Cl-].[V+3]. The second-order valence-electron chi connectivity index (χ2n) is 9.49. The molecule has 11 heteroatoms. The molecule has 5 rings (SSSR count). The monoisotopic (exact) mass is 667 g/mol. The maximum absolute atomic E-state index is 5.90. The van der Waals surface area contributed by atoms with Gasteiger partial charge < -0.3 is 55.8 Å². The van der Waals surface area contributed by atoms with Crippen LogP contribution in [0.25, 0.3) is 45.1 Å². The van der Waals surface area contributed by atoms with Crippen molar-refractivity contribution in [3.8, 4) is 23.0 Å². The number of unbranched alkanes of at least 4 members (excludes halogenated alkanes) is 2. The standard InChI is InChI=1S/C31H37N5O2.3ClH.V/c1-3-5-20-37-22-18-35-28-16-9-7-12-24(28)33-30(35)26-14-11-15-27(32-26)31-34-25-13-8-10-17-29(25)36(31)19-23-38-21-6-4-2;;;;/h7-17H,3-6,18-23H2,1-2H3;3*1H;/q;;;;+3/p-3. The maximum Gasteiger partial charge on any atom is 3.00 e. The average molecular weight is 669 g/mol. The van der Waals surface area contributed by atoms with E-state index in [9.17, 15) is 0 Å². The number of fused-ring (bicyclic) bond motifs is 2. The predicted octanol–water partition coefficient (Wildman–Crippen LogP) is -2.24. The maximum atomic E-state index is 5.90. The molecular weight excluding hydrogens is 632 g/mol. The summed E-state index contributed by atoms with van der Waals surface area (Å²) in [7, 11) is 0. The molecule has 0 unspecified atom stereocenters. The summed E-state index contributed by atoms with van der Waals surface area (Å²) in [6, 6.07) is 22.6. The second-order valence-corrected chi connectivity index (χ2v) is 9.49. The third-order valence-electron chi connectivity index (χ3n) is 6.72. The van der Waals surface area contributed by atoms with Crippen molar-refractivity contribution in [2.75, 3.05) is 26.4 Å². The molecule has 0 atom stereocenters. The van der Waals surface area contributed by atoms with Crippen molar-refractivity contribution in [2.45, 2.75) is 52.6 Å². The van der Waals surface area contributed by atoms with Crippen LogP contribution in [0.5, 0.6) is 0 Å². The normalized spacial score (nSPS) is 10.5. The summed E-state index contributed by atoms with van der Waals surface area (Å²) in [4.78, 5) is 15.0. The zero-order valence-corrected chi connectivity index (χ0v) is 27.7. The Labute approximate surface area is 278 Å². The van der Waals surface area contributed by atoms with E-state index in [-0.39, 0.29) is 55.8 Å². The summed E-state index contributed by atoms with van der Waals surface area (Å²) in [5, 5.41) is 0. The molecule has 0 saturated carbocycles. The van der Waals surface area contributed by atoms with Crippen molar-refractivity contribution in [3.63, 3.8) is 0 Å². The molecule has 0 amide bonds. The summed E-state index contributed by atoms with van der Waals surface area (Å²) >= 11 is 0. The summed E-state index contributed by atoms with van der Waals surface area (Å²) in [5.41, 5.74) is 5.74. The number of para-hydroxylation sites is 4. The van der Waals surface area contributed by atoms with E-state index >= 15 is 0 Å². The average Bonchev–Trinajstić information content (AvgIpc) is 3.52. The van der Waals surface area contributed by atoms with Gasteiger partial charge in [-0.3, -0.25) is 0 Å². The molecule has 0 aliphatic heterocycles. The number of nitrogens with zero attached hydrogens (tertiary/aromatic N) is 5. The molecule has 5 aromatic rings. The first-order valence-electron chi connectivity index (χ1n) is 13.8. The first-order valence-corrected chi connectivity index (χ1v) is 13.8. The van der Waals surface area contributed by atoms with Crippen molar-refractivity contribution in [3.05, 3.63) is 66.7 Å². The second kappa shape index (κ2) is 19.2. The molecule has 3 heterocycles. The molecular formula is C31H37Cl3N5O2V. The van der Waals surface area contributed by atoms with Crippen LogP contribution in [-0.2, 0) is 41.1 Å². The van der Waals surface area contributed by atoms with Crippen LogP contribution in [-0.4, -0.2) is 50.5 Å². The van der Waals surface area contributed by atoms with E-state index in [4.69, 9.17) is 24.4 Å². The molecule has 0 bridgehead atoms. The summed E-state index contributed by atoms with van der Waals surface area (Å²) < 4.78 is 16.2. The Kier molecular flexibility index (Phi) is 17.4. The molecule has 0 saturated heterocycles. The first-order chi connectivity index (χ1) is 18.8. The van der Waals surface area contributed by atoms with Crippen LogP contribution in [0.4, 0.5) is 0 Å². The molecule has 7 nitrogen and oxygen atoms in total. The molecule has 224 valence electrons. The van der Waals surface area contributed by atoms with Crippen LogP contribution in [0.2, 0.25) is 0 Å². The number of aromatic nitrogens is 5. The van der Waals surface area contributed by atoms with Gasteiger partial charge >= 0.3 is 18.6 Å². The zero-order chi connectivity index (χ0) is 26.2. The smallest absolute Gasteiger partial charge is 1.00 e. The molecule has 0 aliphatic carbocycles. The minimum atomic E-state index is 0. The number of imidazole rings is 2. The van der Waals surface area contributed by atoms with Crippen molar-refractivity contribution in [2.24, 2.45) is 0 Å². The minimum Gasteiger partial charge on any atom is -1.00 e. The Hall–Kier alpha value is -2.10. The van der Waals surface area contributed by atoms with Gasteiger partial charge in [0.05, 0.1) is 35.3 Å². The van der Waals surface area contributed by atoms with Gasteiger partial charge in [-0.1, -0.05) is 57.0 Å². The predicted molar refractivity (Wildman–Crippen MR) is 153 cm³/mol. The van der Waals surface area contributed by atoms with E-state index in [1.807, 2.05) is 30.3 Å². The van der Waals surface area contributed by atoms with Crippen LogP contribution in [0, 0.1) is 0 Å². The van der Waals surface area contributed by atoms with Crippen molar-refractivity contribution in [1.29, 1.82) is 0 Å². The zero-order valence-electron chi connectivity index (χ0n) is 24.1. The van der Waals surface area contributed by atoms with Gasteiger partial charge in [0.15, 0.2) is 11.6 Å². The number of hydrogen-bond acceptors (Lipinski definition) is 5. The fourth-order valence-corrected chi connectivity index (χ4v) is 4.69. The molecule has 3 aromatic heterocycles. The Bertz CT molecular complexity index is 1390. The summed E-state index contributed by atoms with van der Waals surface area (Å²) in [5.74, 6) is 1.69.